The van der Waals surface area contributed by atoms with E-state index in [0.29, 0.717) is 11.6 Å². The Morgan fingerprint density at radius 2 is 1.83 bits per heavy atom. The maximum absolute atomic E-state index is 12.2. The number of nitrogens with one attached hydrogen (secondary N) is 2. The average Bonchev–Trinajstić information content (AvgIpc) is 2.44. The van der Waals surface area contributed by atoms with E-state index in [1.54, 1.807) is 11.0 Å². The van der Waals surface area contributed by atoms with Crippen LogP contribution in [0.2, 0.25) is 5.02 Å². The molecule has 0 unspecified atom stereocenters. The number of hydrogen-bond acceptors (Lipinski definition) is 3. The number of halogens is 1. The monoisotopic (exact) mass is 353 g/mol. The van der Waals surface area contributed by atoms with Gasteiger partial charge in [0.15, 0.2) is 0 Å². The predicted molar refractivity (Wildman–Crippen MR) is 98.0 cm³/mol. The van der Waals surface area contributed by atoms with Gasteiger partial charge in [-0.15, -0.1) is 0 Å². The molecular formula is C18H28ClN3O2. The van der Waals surface area contributed by atoms with Gasteiger partial charge < -0.3 is 10.6 Å². The summed E-state index contributed by atoms with van der Waals surface area (Å²) < 4.78 is 0. The van der Waals surface area contributed by atoms with Crippen LogP contribution in [0.15, 0.2) is 24.3 Å². The number of carbonyl (C=O) groups is 2. The van der Waals surface area contributed by atoms with Crippen molar-refractivity contribution in [3.8, 4) is 0 Å². The van der Waals surface area contributed by atoms with Crippen LogP contribution in [-0.4, -0.2) is 41.9 Å². The molecule has 0 saturated heterocycles. The van der Waals surface area contributed by atoms with Gasteiger partial charge in [-0.3, -0.25) is 14.5 Å². The molecule has 0 radical (unpaired) electrons. The quantitative estimate of drug-likeness (QED) is 0.792. The van der Waals surface area contributed by atoms with Crippen LogP contribution in [-0.2, 0) is 9.59 Å². The van der Waals surface area contributed by atoms with Gasteiger partial charge in [0, 0.05) is 10.6 Å². The number of likely N-dealkylation sites (N-methyl/N-ethyl adjacent to an activating group) is 1. The molecular weight excluding hydrogens is 326 g/mol. The molecule has 24 heavy (non-hydrogen) atoms. The molecule has 1 rings (SSSR count). The van der Waals surface area contributed by atoms with Crippen molar-refractivity contribution < 1.29 is 9.59 Å². The minimum absolute atomic E-state index is 0.0833. The van der Waals surface area contributed by atoms with E-state index in [-0.39, 0.29) is 36.5 Å². The highest BCUT2D eigenvalue weighted by Gasteiger charge is 2.18. The lowest BCUT2D eigenvalue weighted by molar-refractivity contribution is -0.126. The van der Waals surface area contributed by atoms with E-state index in [1.165, 1.54) is 0 Å². The number of amides is 2. The molecule has 1 aromatic rings. The molecule has 5 nitrogen and oxygen atoms in total. The van der Waals surface area contributed by atoms with Crippen molar-refractivity contribution in [2.24, 2.45) is 0 Å². The second-order valence-corrected chi connectivity index (χ2v) is 7.38. The summed E-state index contributed by atoms with van der Waals surface area (Å²) in [4.78, 5) is 26.0. The highest BCUT2D eigenvalue weighted by molar-refractivity contribution is 6.30. The number of rotatable bonds is 7. The van der Waals surface area contributed by atoms with Crippen molar-refractivity contribution in [2.75, 3.05) is 19.6 Å². The SMILES string of the molecule is CCN(CC(=O)N[C@H](C)c1cccc(Cl)c1)CC(=O)NC(C)(C)C. The Kier molecular flexibility index (Phi) is 7.70. The number of nitrogens with zero attached hydrogens (tertiary/aromatic N) is 1. The van der Waals surface area contributed by atoms with Gasteiger partial charge >= 0.3 is 0 Å². The van der Waals surface area contributed by atoms with Crippen molar-refractivity contribution in [2.45, 2.75) is 46.2 Å². The summed E-state index contributed by atoms with van der Waals surface area (Å²) >= 11 is 5.98. The van der Waals surface area contributed by atoms with Gasteiger partial charge in [-0.05, 0) is 51.9 Å². The maximum Gasteiger partial charge on any atom is 0.234 e. The molecule has 0 aliphatic carbocycles. The van der Waals surface area contributed by atoms with Crippen molar-refractivity contribution >= 4 is 23.4 Å². The second-order valence-electron chi connectivity index (χ2n) is 6.95. The Bertz CT molecular complexity index is 570. The third kappa shape index (κ3) is 7.79. The summed E-state index contributed by atoms with van der Waals surface area (Å²) in [6.45, 7) is 10.6. The Hall–Kier alpha value is -1.59. The topological polar surface area (TPSA) is 61.4 Å². The fourth-order valence-electron chi connectivity index (χ4n) is 2.29. The van der Waals surface area contributed by atoms with E-state index in [0.717, 1.165) is 5.56 Å². The summed E-state index contributed by atoms with van der Waals surface area (Å²) in [5.41, 5.74) is 0.671. The molecule has 2 N–H and O–H groups in total. The molecule has 0 aromatic heterocycles. The summed E-state index contributed by atoms with van der Waals surface area (Å²) in [5, 5.41) is 6.48. The van der Waals surface area contributed by atoms with Crippen molar-refractivity contribution in [3.05, 3.63) is 34.9 Å². The van der Waals surface area contributed by atoms with Crippen molar-refractivity contribution in [3.63, 3.8) is 0 Å². The van der Waals surface area contributed by atoms with E-state index in [9.17, 15) is 9.59 Å². The second kappa shape index (κ2) is 9.04. The molecule has 6 heteroatoms. The van der Waals surface area contributed by atoms with Crippen LogP contribution in [0, 0.1) is 0 Å². The maximum atomic E-state index is 12.2. The summed E-state index contributed by atoms with van der Waals surface area (Å²) in [6, 6.07) is 7.27. The molecule has 2 amide bonds. The molecule has 0 bridgehead atoms. The number of hydrogen-bond donors (Lipinski definition) is 2. The first-order chi connectivity index (χ1) is 11.1. The highest BCUT2D eigenvalue weighted by atomic mass is 35.5. The zero-order chi connectivity index (χ0) is 18.3. The third-order valence-corrected chi connectivity index (χ3v) is 3.66. The molecule has 0 aliphatic heterocycles. The summed E-state index contributed by atoms with van der Waals surface area (Å²) in [6.07, 6.45) is 0. The first-order valence-electron chi connectivity index (χ1n) is 8.19. The van der Waals surface area contributed by atoms with E-state index in [1.807, 2.05) is 52.8 Å². The Labute approximate surface area is 149 Å². The van der Waals surface area contributed by atoms with Crippen LogP contribution in [0.4, 0.5) is 0 Å². The smallest absolute Gasteiger partial charge is 0.234 e. The first-order valence-corrected chi connectivity index (χ1v) is 8.56. The van der Waals surface area contributed by atoms with E-state index in [2.05, 4.69) is 10.6 Å². The fourth-order valence-corrected chi connectivity index (χ4v) is 2.49. The minimum atomic E-state index is -0.278. The van der Waals surface area contributed by atoms with Crippen molar-refractivity contribution in [1.82, 2.24) is 15.5 Å². The zero-order valence-corrected chi connectivity index (χ0v) is 15.9. The minimum Gasteiger partial charge on any atom is -0.350 e. The van der Waals surface area contributed by atoms with Crippen LogP contribution in [0.25, 0.3) is 0 Å². The van der Waals surface area contributed by atoms with Crippen LogP contribution >= 0.6 is 11.6 Å². The number of benzene rings is 1. The molecule has 0 saturated carbocycles. The van der Waals surface area contributed by atoms with Crippen LogP contribution in [0.3, 0.4) is 0 Å². The van der Waals surface area contributed by atoms with Crippen LogP contribution in [0.1, 0.15) is 46.2 Å². The molecule has 0 aliphatic rings. The van der Waals surface area contributed by atoms with E-state index < -0.39 is 0 Å². The van der Waals surface area contributed by atoms with Gasteiger partial charge in [0.05, 0.1) is 19.1 Å². The highest BCUT2D eigenvalue weighted by Crippen LogP contribution is 2.17. The number of carbonyl (C=O) groups excluding carboxylic acids is 2. The van der Waals surface area contributed by atoms with E-state index >= 15 is 0 Å². The third-order valence-electron chi connectivity index (χ3n) is 3.42. The van der Waals surface area contributed by atoms with Gasteiger partial charge in [-0.2, -0.15) is 0 Å². The van der Waals surface area contributed by atoms with E-state index in [4.69, 9.17) is 11.6 Å². The lowest BCUT2D eigenvalue weighted by Gasteiger charge is -2.25. The average molecular weight is 354 g/mol. The Balaban J connectivity index is 2.53. The first kappa shape index (κ1) is 20.5. The van der Waals surface area contributed by atoms with Gasteiger partial charge in [0.2, 0.25) is 11.8 Å². The van der Waals surface area contributed by atoms with Gasteiger partial charge in [0.25, 0.3) is 0 Å². The lowest BCUT2D eigenvalue weighted by Crippen LogP contribution is -2.48. The Morgan fingerprint density at radius 3 is 2.38 bits per heavy atom. The molecule has 1 atom stereocenters. The lowest BCUT2D eigenvalue weighted by atomic mass is 10.1. The summed E-state index contributed by atoms with van der Waals surface area (Å²) in [5.74, 6) is -0.201. The molecule has 134 valence electrons. The largest absolute Gasteiger partial charge is 0.350 e. The molecule has 0 heterocycles. The molecule has 0 spiro atoms. The fraction of sp³-hybridized carbons (Fsp3) is 0.556. The van der Waals surface area contributed by atoms with Crippen LogP contribution < -0.4 is 10.6 Å². The molecule has 1 aromatic carbocycles. The molecule has 0 fully saturated rings. The van der Waals surface area contributed by atoms with Gasteiger partial charge in [-0.25, -0.2) is 0 Å². The summed E-state index contributed by atoms with van der Waals surface area (Å²) in [7, 11) is 0. The van der Waals surface area contributed by atoms with Gasteiger partial charge in [-0.1, -0.05) is 30.7 Å². The van der Waals surface area contributed by atoms with Crippen LogP contribution in [0.5, 0.6) is 0 Å². The Morgan fingerprint density at radius 1 is 1.21 bits per heavy atom. The zero-order valence-electron chi connectivity index (χ0n) is 15.1. The standard InChI is InChI=1S/C18H28ClN3O2/c1-6-22(12-17(24)21-18(3,4)5)11-16(23)20-13(2)14-8-7-9-15(19)10-14/h7-10,13H,6,11-12H2,1-5H3,(H,20,23)(H,21,24)/t13-/m1/s1. The predicted octanol–water partition coefficient (Wildman–Crippen LogP) is 2.75. The normalized spacial score (nSPS) is 12.8. The van der Waals surface area contributed by atoms with Crippen molar-refractivity contribution in [1.29, 1.82) is 0 Å². The van der Waals surface area contributed by atoms with Gasteiger partial charge in [0.1, 0.15) is 0 Å².